The smallest absolute Gasteiger partial charge is 0.364 e. The Bertz CT molecular complexity index is 1840. The summed E-state index contributed by atoms with van der Waals surface area (Å²) in [6, 6.07) is 11.6. The molecule has 0 spiro atoms. The maximum absolute atomic E-state index is 15.1. The minimum absolute atomic E-state index is 0.106. The third-order valence-corrected chi connectivity index (χ3v) is 10.2. The summed E-state index contributed by atoms with van der Waals surface area (Å²) in [6.07, 6.45) is -2.62. The molecule has 1 amide bonds. The highest BCUT2D eigenvalue weighted by atomic mass is 32.2. The molecule has 0 saturated carbocycles. The Morgan fingerprint density at radius 3 is 2.26 bits per heavy atom. The van der Waals surface area contributed by atoms with E-state index in [2.05, 4.69) is 15.3 Å². The number of aromatic nitrogens is 2. The van der Waals surface area contributed by atoms with Crippen LogP contribution in [0.3, 0.4) is 0 Å². The van der Waals surface area contributed by atoms with Crippen LogP contribution in [-0.4, -0.2) is 46.7 Å². The number of quaternary nitrogens is 1. The van der Waals surface area contributed by atoms with Crippen LogP contribution in [0.5, 0.6) is 0 Å². The molecule has 1 saturated heterocycles. The van der Waals surface area contributed by atoms with Gasteiger partial charge in [-0.05, 0) is 73.2 Å². The SMILES string of the molecule is CC(Nc1cc(C[N+]2(S(=O)(=O)c3ccc(F)cc3)CC(F)(F)C[C@H]2C(N)=O)cc(-c2ccc(C(F)(F)F)cc2)n1)c1ccncc1. The zero-order valence-corrected chi connectivity index (χ0v) is 25.0. The van der Waals surface area contributed by atoms with E-state index < -0.39 is 79.8 Å². The van der Waals surface area contributed by atoms with Crippen molar-refractivity contribution in [1.82, 2.24) is 9.97 Å². The van der Waals surface area contributed by atoms with Gasteiger partial charge in [0.1, 0.15) is 23.1 Å². The van der Waals surface area contributed by atoms with Gasteiger partial charge in [-0.3, -0.25) is 9.78 Å². The molecule has 15 heteroatoms. The fourth-order valence-electron chi connectivity index (χ4n) is 5.66. The molecule has 1 aliphatic heterocycles. The number of benzene rings is 2. The highest BCUT2D eigenvalue weighted by Crippen LogP contribution is 2.45. The second-order valence-corrected chi connectivity index (χ2v) is 13.3. The van der Waals surface area contributed by atoms with Gasteiger partial charge >= 0.3 is 22.1 Å². The fraction of sp³-hybridized carbons (Fsp3) is 0.258. The van der Waals surface area contributed by atoms with E-state index in [1.54, 1.807) is 31.5 Å². The summed E-state index contributed by atoms with van der Waals surface area (Å²) < 4.78 is 111. The molecule has 4 aromatic rings. The zero-order valence-electron chi connectivity index (χ0n) is 24.2. The Balaban J connectivity index is 1.66. The summed E-state index contributed by atoms with van der Waals surface area (Å²) in [4.78, 5) is 20.6. The van der Waals surface area contributed by atoms with Crippen LogP contribution in [0, 0.1) is 5.82 Å². The maximum Gasteiger partial charge on any atom is 0.416 e. The first-order valence-electron chi connectivity index (χ1n) is 13.9. The van der Waals surface area contributed by atoms with Gasteiger partial charge in [0, 0.05) is 23.5 Å². The van der Waals surface area contributed by atoms with Gasteiger partial charge in [0.25, 0.3) is 5.91 Å². The first-order chi connectivity index (χ1) is 21.5. The number of likely N-dealkylation sites (tertiary alicyclic amines) is 1. The lowest BCUT2D eigenvalue weighted by molar-refractivity contribution is -0.827. The van der Waals surface area contributed by atoms with Gasteiger partial charge < -0.3 is 11.1 Å². The molecule has 0 radical (unpaired) electrons. The van der Waals surface area contributed by atoms with Crippen LogP contribution in [0.1, 0.15) is 36.1 Å². The van der Waals surface area contributed by atoms with Crippen LogP contribution in [0.2, 0.25) is 0 Å². The van der Waals surface area contributed by atoms with Crippen LogP contribution in [0.15, 0.2) is 90.1 Å². The number of hydrogen-bond acceptors (Lipinski definition) is 6. The topological polar surface area (TPSA) is 115 Å². The van der Waals surface area contributed by atoms with E-state index in [0.29, 0.717) is 0 Å². The molecule has 8 nitrogen and oxygen atoms in total. The average molecular weight is 665 g/mol. The molecule has 1 fully saturated rings. The van der Waals surface area contributed by atoms with E-state index in [-0.39, 0.29) is 22.6 Å². The van der Waals surface area contributed by atoms with Gasteiger partial charge in [-0.25, -0.2) is 18.2 Å². The number of halogens is 6. The average Bonchev–Trinajstić information content (AvgIpc) is 3.29. The molecule has 46 heavy (non-hydrogen) atoms. The number of rotatable bonds is 9. The number of sulfonamides is 1. The predicted octanol–water partition coefficient (Wildman–Crippen LogP) is 6.07. The largest absolute Gasteiger partial charge is 0.416 e. The number of amides is 1. The quantitative estimate of drug-likeness (QED) is 0.166. The van der Waals surface area contributed by atoms with Gasteiger partial charge in [0.15, 0.2) is 12.6 Å². The van der Waals surface area contributed by atoms with Crippen molar-refractivity contribution in [2.45, 2.75) is 49.0 Å². The van der Waals surface area contributed by atoms with Gasteiger partial charge in [0.05, 0.1) is 23.7 Å². The van der Waals surface area contributed by atoms with E-state index in [1.807, 2.05) is 0 Å². The number of hydrogen-bond donors (Lipinski definition) is 2. The summed E-state index contributed by atoms with van der Waals surface area (Å²) in [5.74, 6) is -5.51. The van der Waals surface area contributed by atoms with E-state index in [1.165, 1.54) is 24.3 Å². The van der Waals surface area contributed by atoms with Crippen molar-refractivity contribution in [2.24, 2.45) is 5.73 Å². The number of pyridine rings is 2. The molecule has 2 unspecified atom stereocenters. The van der Waals surface area contributed by atoms with Crippen molar-refractivity contribution < 1.29 is 43.4 Å². The third-order valence-electron chi connectivity index (χ3n) is 7.89. The Morgan fingerprint density at radius 1 is 1.04 bits per heavy atom. The summed E-state index contributed by atoms with van der Waals surface area (Å²) >= 11 is 0. The molecule has 3 atom stereocenters. The lowest BCUT2D eigenvalue weighted by atomic mass is 10.1. The monoisotopic (exact) mass is 664 g/mol. The van der Waals surface area contributed by atoms with Crippen molar-refractivity contribution in [3.8, 4) is 11.3 Å². The zero-order chi connectivity index (χ0) is 33.5. The van der Waals surface area contributed by atoms with Crippen molar-refractivity contribution >= 4 is 21.7 Å². The van der Waals surface area contributed by atoms with Crippen LogP contribution >= 0.6 is 0 Å². The number of nitrogens with zero attached hydrogens (tertiary/aromatic N) is 3. The molecule has 3 heterocycles. The van der Waals surface area contributed by atoms with Gasteiger partial charge in [-0.1, -0.05) is 12.1 Å². The third kappa shape index (κ3) is 6.56. The summed E-state index contributed by atoms with van der Waals surface area (Å²) in [5.41, 5.74) is 5.87. The van der Waals surface area contributed by atoms with Gasteiger partial charge in [0.2, 0.25) is 0 Å². The summed E-state index contributed by atoms with van der Waals surface area (Å²) in [5, 5.41) is 3.15. The van der Waals surface area contributed by atoms with Crippen molar-refractivity contribution in [3.63, 3.8) is 0 Å². The number of nitrogens with one attached hydrogen (secondary N) is 1. The molecule has 1 aliphatic rings. The predicted molar refractivity (Wildman–Crippen MR) is 156 cm³/mol. The number of primary amides is 1. The van der Waals surface area contributed by atoms with Crippen LogP contribution < -0.4 is 11.1 Å². The standard InChI is InChI=1S/C31H27F6N5O3S/c1-19(21-10-12-39-13-11-21)40-28-15-20(14-26(41-28)22-2-4-23(5-3-22)31(35,36)37)17-42(18-30(33,34)16-27(42)29(38)43)46(44,45)25-8-6-24(32)7-9-25/h2-15,19,27H,16-18H2,1H3,(H2-,38,40,41,43)/p+1/t19?,27-,42?/m0/s1. The normalized spacial score (nSPS) is 20.3. The summed E-state index contributed by atoms with van der Waals surface area (Å²) in [7, 11) is -4.84. The molecule has 2 aromatic carbocycles. The van der Waals surface area contributed by atoms with E-state index >= 15 is 8.78 Å². The minimum atomic E-state index is -4.84. The summed E-state index contributed by atoms with van der Waals surface area (Å²) in [6.45, 7) is -0.218. The maximum atomic E-state index is 15.1. The Labute approximate surface area is 260 Å². The van der Waals surface area contributed by atoms with Crippen molar-refractivity contribution in [2.75, 3.05) is 11.9 Å². The molecule has 5 rings (SSSR count). The van der Waals surface area contributed by atoms with E-state index in [9.17, 15) is 30.8 Å². The van der Waals surface area contributed by atoms with Crippen LogP contribution in [-0.2, 0) is 27.5 Å². The molecule has 0 aliphatic carbocycles. The second-order valence-electron chi connectivity index (χ2n) is 11.1. The second kappa shape index (κ2) is 12.0. The number of anilines is 1. The number of nitrogens with two attached hydrogens (primary N) is 1. The molecule has 242 valence electrons. The first kappa shape index (κ1) is 32.9. The molecular formula is C31H28F6N5O3S+. The first-order valence-corrected chi connectivity index (χ1v) is 15.3. The number of alkyl halides is 5. The number of carbonyl (C=O) groups is 1. The Morgan fingerprint density at radius 2 is 1.67 bits per heavy atom. The van der Waals surface area contributed by atoms with Crippen molar-refractivity contribution in [1.29, 1.82) is 0 Å². The van der Waals surface area contributed by atoms with E-state index in [4.69, 9.17) is 5.73 Å². The van der Waals surface area contributed by atoms with E-state index in [0.717, 1.165) is 42.0 Å². The molecular weight excluding hydrogens is 636 g/mol. The van der Waals surface area contributed by atoms with Gasteiger partial charge in [-0.2, -0.15) is 25.5 Å². The van der Waals surface area contributed by atoms with Gasteiger partial charge in [-0.15, -0.1) is 0 Å². The lowest BCUT2D eigenvalue weighted by Gasteiger charge is -2.36. The Hall–Kier alpha value is -4.50. The number of carbonyl (C=O) groups excluding carboxylic acids is 1. The molecule has 0 bridgehead atoms. The van der Waals surface area contributed by atoms with Crippen molar-refractivity contribution in [3.05, 3.63) is 108 Å². The minimum Gasteiger partial charge on any atom is -0.364 e. The molecule has 3 N–H and O–H groups in total. The molecule has 2 aromatic heterocycles. The lowest BCUT2D eigenvalue weighted by Crippen LogP contribution is -2.59. The fourth-order valence-corrected chi connectivity index (χ4v) is 7.76. The Kier molecular flexibility index (Phi) is 8.59. The van der Waals surface area contributed by atoms with Crippen LogP contribution in [0.25, 0.3) is 11.3 Å². The van der Waals surface area contributed by atoms with Crippen LogP contribution in [0.4, 0.5) is 32.2 Å². The highest BCUT2D eigenvalue weighted by molar-refractivity contribution is 7.86. The highest BCUT2D eigenvalue weighted by Gasteiger charge is 2.65.